The number of amides is 2. The lowest BCUT2D eigenvalue weighted by atomic mass is 9.90. The van der Waals surface area contributed by atoms with Crippen molar-refractivity contribution in [2.75, 3.05) is 26.2 Å². The molecule has 0 radical (unpaired) electrons. The van der Waals surface area contributed by atoms with E-state index in [9.17, 15) is 27.6 Å². The van der Waals surface area contributed by atoms with Crippen LogP contribution in [0.4, 0.5) is 13.2 Å². The van der Waals surface area contributed by atoms with Gasteiger partial charge in [-0.25, -0.2) is 5.01 Å². The Balaban J connectivity index is 1.44. The number of piperidine rings is 1. The van der Waals surface area contributed by atoms with Crippen LogP contribution in [-0.2, 0) is 33.4 Å². The number of hydrazine groups is 1. The number of ketones is 1. The van der Waals surface area contributed by atoms with Crippen LogP contribution in [0.15, 0.2) is 60.8 Å². The molecular formula is C31H38F3N7O3. The SMILES string of the molecule is NCC1CC(CN)CN(NC(=O)C[C@H](N)C(=O)N[C@@H](Cc2ccc(C(F)(F)F)cc2)C(=O)Cc2cnc3ccccc3c2)C1. The Morgan fingerprint density at radius 1 is 0.977 bits per heavy atom. The number of alkyl halides is 3. The second-order valence-electron chi connectivity index (χ2n) is 11.3. The fourth-order valence-corrected chi connectivity index (χ4v) is 5.39. The van der Waals surface area contributed by atoms with Crippen molar-refractivity contribution in [3.05, 3.63) is 77.5 Å². The summed E-state index contributed by atoms with van der Waals surface area (Å²) in [7, 11) is 0. The molecule has 1 aromatic heterocycles. The number of nitrogens with two attached hydrogens (primary N) is 3. The Morgan fingerprint density at radius 2 is 1.64 bits per heavy atom. The van der Waals surface area contributed by atoms with Crippen molar-refractivity contribution >= 4 is 28.5 Å². The van der Waals surface area contributed by atoms with Crippen molar-refractivity contribution < 1.29 is 27.6 Å². The van der Waals surface area contributed by atoms with Crippen molar-refractivity contribution in [3.8, 4) is 0 Å². The fraction of sp³-hybridized carbons (Fsp3) is 0.419. The van der Waals surface area contributed by atoms with Crippen LogP contribution in [0.25, 0.3) is 10.9 Å². The first-order valence-electron chi connectivity index (χ1n) is 14.5. The maximum absolute atomic E-state index is 13.5. The number of benzene rings is 2. The zero-order valence-electron chi connectivity index (χ0n) is 24.2. The van der Waals surface area contributed by atoms with Gasteiger partial charge in [0.2, 0.25) is 11.8 Å². The minimum atomic E-state index is -4.51. The molecule has 4 atom stereocenters. The van der Waals surface area contributed by atoms with Crippen LogP contribution in [0.2, 0.25) is 0 Å². The molecule has 1 aliphatic heterocycles. The van der Waals surface area contributed by atoms with Gasteiger partial charge in [0.25, 0.3) is 0 Å². The maximum Gasteiger partial charge on any atom is 0.416 e. The maximum atomic E-state index is 13.5. The summed E-state index contributed by atoms with van der Waals surface area (Å²) < 4.78 is 39.2. The van der Waals surface area contributed by atoms with Gasteiger partial charge in [-0.15, -0.1) is 0 Å². The van der Waals surface area contributed by atoms with Crippen LogP contribution in [-0.4, -0.2) is 65.9 Å². The summed E-state index contributed by atoms with van der Waals surface area (Å²) in [5, 5.41) is 5.19. The lowest BCUT2D eigenvalue weighted by Gasteiger charge is -2.37. The zero-order valence-corrected chi connectivity index (χ0v) is 24.2. The number of carbonyl (C=O) groups excluding carboxylic acids is 3. The molecule has 2 aromatic carbocycles. The number of carbonyl (C=O) groups is 3. The van der Waals surface area contributed by atoms with Gasteiger partial charge >= 0.3 is 6.18 Å². The number of nitrogens with one attached hydrogen (secondary N) is 2. The highest BCUT2D eigenvalue weighted by Gasteiger charge is 2.31. The van der Waals surface area contributed by atoms with Crippen LogP contribution in [0.5, 0.6) is 0 Å². The van der Waals surface area contributed by atoms with Crippen LogP contribution >= 0.6 is 0 Å². The van der Waals surface area contributed by atoms with E-state index >= 15 is 0 Å². The smallest absolute Gasteiger partial charge is 0.345 e. The number of para-hydroxylation sites is 1. The molecule has 2 amide bonds. The first-order valence-corrected chi connectivity index (χ1v) is 14.5. The van der Waals surface area contributed by atoms with Gasteiger partial charge in [0.05, 0.1) is 29.6 Å². The van der Waals surface area contributed by atoms with Gasteiger partial charge in [-0.3, -0.25) is 24.8 Å². The monoisotopic (exact) mass is 613 g/mol. The molecule has 0 spiro atoms. The van der Waals surface area contributed by atoms with Crippen LogP contribution in [0.3, 0.4) is 0 Å². The Kier molecular flexibility index (Phi) is 11.0. The number of fused-ring (bicyclic) bond motifs is 1. The first kappa shape index (κ1) is 33.0. The standard InChI is InChI=1S/C31H38F3N7O3/c32-31(33,34)24-7-5-19(6-8-24)11-27(28(42)12-20-10-23-3-1-2-4-26(23)38-16-20)39-30(44)25(37)13-29(43)40-41-17-21(14-35)9-22(15-36)18-41/h1-8,10,16,21-22,25,27H,9,11-15,17-18,35-37H2,(H,39,44)(H,40,43)/t21?,22?,25-,27-/m0/s1. The molecule has 0 bridgehead atoms. The lowest BCUT2D eigenvalue weighted by Crippen LogP contribution is -2.55. The number of nitrogens with zero attached hydrogens (tertiary/aromatic N) is 2. The molecule has 13 heteroatoms. The normalized spacial score (nSPS) is 18.9. The molecule has 2 heterocycles. The van der Waals surface area contributed by atoms with Crippen LogP contribution in [0.1, 0.15) is 29.5 Å². The van der Waals surface area contributed by atoms with Gasteiger partial charge in [0.15, 0.2) is 5.78 Å². The number of pyridine rings is 1. The minimum Gasteiger partial charge on any atom is -0.345 e. The molecule has 0 saturated carbocycles. The number of hydrogen-bond donors (Lipinski definition) is 5. The van der Waals surface area contributed by atoms with Gasteiger partial charge in [-0.05, 0) is 73.2 Å². The predicted octanol–water partition coefficient (Wildman–Crippen LogP) is 1.70. The van der Waals surface area contributed by atoms with E-state index in [2.05, 4.69) is 15.7 Å². The molecule has 3 aromatic rings. The van der Waals surface area contributed by atoms with Crippen LogP contribution < -0.4 is 27.9 Å². The Labute approximate surface area is 253 Å². The molecule has 1 saturated heterocycles. The highest BCUT2D eigenvalue weighted by atomic mass is 19.4. The summed E-state index contributed by atoms with van der Waals surface area (Å²) >= 11 is 0. The topological polar surface area (TPSA) is 169 Å². The van der Waals surface area contributed by atoms with Gasteiger partial charge in [0.1, 0.15) is 0 Å². The Hall–Kier alpha value is -3.91. The van der Waals surface area contributed by atoms with Crippen molar-refractivity contribution in [2.45, 2.75) is 43.9 Å². The van der Waals surface area contributed by atoms with E-state index in [4.69, 9.17) is 17.2 Å². The zero-order chi connectivity index (χ0) is 31.9. The summed E-state index contributed by atoms with van der Waals surface area (Å²) in [6.45, 7) is 2.00. The summed E-state index contributed by atoms with van der Waals surface area (Å²) in [5.74, 6) is -1.26. The van der Waals surface area contributed by atoms with E-state index in [1.807, 2.05) is 30.3 Å². The Morgan fingerprint density at radius 3 is 2.27 bits per heavy atom. The van der Waals surface area contributed by atoms with E-state index in [1.54, 1.807) is 11.2 Å². The third-order valence-electron chi connectivity index (χ3n) is 7.77. The number of aromatic nitrogens is 1. The number of hydrogen-bond acceptors (Lipinski definition) is 8. The summed E-state index contributed by atoms with van der Waals surface area (Å²) in [6, 6.07) is 11.2. The minimum absolute atomic E-state index is 0.0721. The highest BCUT2D eigenvalue weighted by molar-refractivity contribution is 5.94. The van der Waals surface area contributed by atoms with Gasteiger partial charge in [0, 0.05) is 31.1 Å². The van der Waals surface area contributed by atoms with E-state index < -0.39 is 35.6 Å². The highest BCUT2D eigenvalue weighted by Crippen LogP contribution is 2.29. The van der Waals surface area contributed by atoms with E-state index in [-0.39, 0.29) is 36.9 Å². The second-order valence-corrected chi connectivity index (χ2v) is 11.3. The fourth-order valence-electron chi connectivity index (χ4n) is 5.39. The second kappa shape index (κ2) is 14.7. The largest absolute Gasteiger partial charge is 0.416 e. The average Bonchev–Trinajstić information content (AvgIpc) is 3.00. The molecule has 8 N–H and O–H groups in total. The molecule has 44 heavy (non-hydrogen) atoms. The summed E-state index contributed by atoms with van der Waals surface area (Å²) in [5.41, 5.74) is 21.4. The van der Waals surface area contributed by atoms with Gasteiger partial charge in [-0.1, -0.05) is 30.3 Å². The lowest BCUT2D eigenvalue weighted by molar-refractivity contribution is -0.137. The molecule has 0 aliphatic carbocycles. The van der Waals surface area contributed by atoms with Crippen molar-refractivity contribution in [3.63, 3.8) is 0 Å². The first-order chi connectivity index (χ1) is 20.9. The number of Topliss-reactive ketones (excluding diaryl/α,β-unsaturated/α-hetero) is 1. The molecular weight excluding hydrogens is 575 g/mol. The number of rotatable bonds is 12. The molecule has 4 rings (SSSR count). The molecule has 10 nitrogen and oxygen atoms in total. The van der Waals surface area contributed by atoms with E-state index in [1.165, 1.54) is 12.1 Å². The predicted molar refractivity (Wildman–Crippen MR) is 160 cm³/mol. The van der Waals surface area contributed by atoms with E-state index in [0.29, 0.717) is 37.3 Å². The quantitative estimate of drug-likeness (QED) is 0.206. The van der Waals surface area contributed by atoms with Crippen molar-refractivity contribution in [1.82, 2.24) is 20.7 Å². The summed E-state index contributed by atoms with van der Waals surface area (Å²) in [6.07, 6.45) is -2.58. The average molecular weight is 614 g/mol. The Bertz CT molecular complexity index is 1440. The molecule has 236 valence electrons. The molecule has 1 aliphatic rings. The summed E-state index contributed by atoms with van der Waals surface area (Å²) in [4.78, 5) is 43.7. The van der Waals surface area contributed by atoms with Crippen molar-refractivity contribution in [1.29, 1.82) is 0 Å². The third kappa shape index (κ3) is 9.05. The van der Waals surface area contributed by atoms with Gasteiger partial charge < -0.3 is 22.5 Å². The molecule has 1 fully saturated rings. The van der Waals surface area contributed by atoms with E-state index in [0.717, 1.165) is 29.5 Å². The molecule has 2 unspecified atom stereocenters. The van der Waals surface area contributed by atoms with Crippen molar-refractivity contribution in [2.24, 2.45) is 29.0 Å². The van der Waals surface area contributed by atoms with Gasteiger partial charge in [-0.2, -0.15) is 13.2 Å². The third-order valence-corrected chi connectivity index (χ3v) is 7.77. The van der Waals surface area contributed by atoms with Crippen LogP contribution in [0, 0.1) is 11.8 Å². The number of halogens is 3.